The molecule has 1 N–H and O–H groups in total. The first-order valence-electron chi connectivity index (χ1n) is 5.33. The Morgan fingerprint density at radius 1 is 1.47 bits per heavy atom. The van der Waals surface area contributed by atoms with E-state index >= 15 is 0 Å². The van der Waals surface area contributed by atoms with Gasteiger partial charge in [0.1, 0.15) is 11.6 Å². The SMILES string of the molecule is Cc1nccc(NCCN(C)C(C)C)n1. The molecule has 0 unspecified atom stereocenters. The molecule has 1 aromatic heterocycles. The predicted molar refractivity (Wildman–Crippen MR) is 63.0 cm³/mol. The molecule has 0 bridgehead atoms. The molecule has 1 aromatic rings. The van der Waals surface area contributed by atoms with Crippen LogP contribution in [-0.2, 0) is 0 Å². The minimum Gasteiger partial charge on any atom is -0.369 e. The lowest BCUT2D eigenvalue weighted by Crippen LogP contribution is -2.31. The predicted octanol–water partition coefficient (Wildman–Crippen LogP) is 1.54. The third kappa shape index (κ3) is 4.25. The second-order valence-corrected chi connectivity index (χ2v) is 3.99. The summed E-state index contributed by atoms with van der Waals surface area (Å²) >= 11 is 0. The normalized spacial score (nSPS) is 11.1. The monoisotopic (exact) mass is 208 g/mol. The van der Waals surface area contributed by atoms with E-state index in [4.69, 9.17) is 0 Å². The lowest BCUT2D eigenvalue weighted by molar-refractivity contribution is 0.284. The fourth-order valence-corrected chi connectivity index (χ4v) is 1.17. The van der Waals surface area contributed by atoms with Crippen molar-refractivity contribution >= 4 is 5.82 Å². The third-order valence-corrected chi connectivity index (χ3v) is 2.43. The maximum atomic E-state index is 4.27. The Hall–Kier alpha value is -1.16. The van der Waals surface area contributed by atoms with E-state index in [2.05, 4.69) is 41.1 Å². The molecular formula is C11H20N4. The van der Waals surface area contributed by atoms with Crippen LogP contribution in [0.15, 0.2) is 12.3 Å². The Morgan fingerprint density at radius 3 is 2.80 bits per heavy atom. The number of hydrogen-bond donors (Lipinski definition) is 1. The lowest BCUT2D eigenvalue weighted by atomic mass is 10.3. The van der Waals surface area contributed by atoms with E-state index in [1.165, 1.54) is 0 Å². The summed E-state index contributed by atoms with van der Waals surface area (Å²) in [6, 6.07) is 2.47. The zero-order valence-corrected chi connectivity index (χ0v) is 9.99. The quantitative estimate of drug-likeness (QED) is 0.797. The molecule has 1 heterocycles. The molecule has 0 atom stereocenters. The Kier molecular flexibility index (Phi) is 4.49. The number of nitrogens with zero attached hydrogens (tertiary/aromatic N) is 3. The summed E-state index contributed by atoms with van der Waals surface area (Å²) in [6.45, 7) is 8.20. The minimum atomic E-state index is 0.582. The van der Waals surface area contributed by atoms with Gasteiger partial charge in [-0.25, -0.2) is 9.97 Å². The second-order valence-electron chi connectivity index (χ2n) is 3.99. The number of aromatic nitrogens is 2. The average molecular weight is 208 g/mol. The number of nitrogens with one attached hydrogen (secondary N) is 1. The standard InChI is InChI=1S/C11H20N4/c1-9(2)15(4)8-7-13-11-5-6-12-10(3)14-11/h5-6,9H,7-8H2,1-4H3,(H,12,13,14). The van der Waals surface area contributed by atoms with Gasteiger partial charge in [0.05, 0.1) is 0 Å². The first-order valence-corrected chi connectivity index (χ1v) is 5.33. The fraction of sp³-hybridized carbons (Fsp3) is 0.636. The van der Waals surface area contributed by atoms with Gasteiger partial charge >= 0.3 is 0 Å². The van der Waals surface area contributed by atoms with Crippen LogP contribution in [0.2, 0.25) is 0 Å². The zero-order chi connectivity index (χ0) is 11.3. The van der Waals surface area contributed by atoms with Crippen molar-refractivity contribution in [3.8, 4) is 0 Å². The molecule has 0 aliphatic heterocycles. The highest BCUT2D eigenvalue weighted by atomic mass is 15.1. The van der Waals surface area contributed by atoms with Gasteiger partial charge < -0.3 is 10.2 Å². The van der Waals surface area contributed by atoms with Crippen LogP contribution < -0.4 is 5.32 Å². The van der Waals surface area contributed by atoms with Gasteiger partial charge in [-0.2, -0.15) is 0 Å². The van der Waals surface area contributed by atoms with Crippen LogP contribution in [0.25, 0.3) is 0 Å². The maximum absolute atomic E-state index is 4.27. The van der Waals surface area contributed by atoms with Crippen LogP contribution in [0.1, 0.15) is 19.7 Å². The van der Waals surface area contributed by atoms with Crippen molar-refractivity contribution in [1.29, 1.82) is 0 Å². The van der Waals surface area contributed by atoms with E-state index in [0.717, 1.165) is 24.7 Å². The van der Waals surface area contributed by atoms with E-state index < -0.39 is 0 Å². The molecule has 0 saturated heterocycles. The van der Waals surface area contributed by atoms with E-state index in [1.807, 2.05) is 13.0 Å². The summed E-state index contributed by atoms with van der Waals surface area (Å²) in [5.41, 5.74) is 0. The lowest BCUT2D eigenvalue weighted by Gasteiger charge is -2.20. The van der Waals surface area contributed by atoms with Crippen molar-refractivity contribution in [3.63, 3.8) is 0 Å². The van der Waals surface area contributed by atoms with E-state index in [1.54, 1.807) is 6.20 Å². The molecule has 0 aromatic carbocycles. The van der Waals surface area contributed by atoms with Crippen molar-refractivity contribution in [1.82, 2.24) is 14.9 Å². The van der Waals surface area contributed by atoms with Crippen LogP contribution >= 0.6 is 0 Å². The summed E-state index contributed by atoms with van der Waals surface area (Å²) in [5.74, 6) is 1.71. The van der Waals surface area contributed by atoms with Crippen LogP contribution in [0.3, 0.4) is 0 Å². The van der Waals surface area contributed by atoms with E-state index in [-0.39, 0.29) is 0 Å². The summed E-state index contributed by atoms with van der Waals surface area (Å²) in [7, 11) is 2.12. The van der Waals surface area contributed by atoms with Gasteiger partial charge in [0.25, 0.3) is 0 Å². The van der Waals surface area contributed by atoms with E-state index in [0.29, 0.717) is 6.04 Å². The Morgan fingerprint density at radius 2 is 2.20 bits per heavy atom. The van der Waals surface area contributed by atoms with Crippen LogP contribution in [0.5, 0.6) is 0 Å². The van der Waals surface area contributed by atoms with Gasteiger partial charge in [0, 0.05) is 25.3 Å². The summed E-state index contributed by atoms with van der Waals surface area (Å²) in [5, 5.41) is 3.28. The van der Waals surface area contributed by atoms with Gasteiger partial charge in [-0.1, -0.05) is 0 Å². The highest BCUT2D eigenvalue weighted by Gasteiger charge is 2.02. The number of rotatable bonds is 5. The molecule has 4 heteroatoms. The van der Waals surface area contributed by atoms with Gasteiger partial charge in [-0.05, 0) is 33.9 Å². The molecule has 0 spiro atoms. The van der Waals surface area contributed by atoms with Crippen molar-refractivity contribution in [2.75, 3.05) is 25.5 Å². The molecule has 0 radical (unpaired) electrons. The van der Waals surface area contributed by atoms with Crippen molar-refractivity contribution in [2.24, 2.45) is 0 Å². The van der Waals surface area contributed by atoms with Gasteiger partial charge in [0.2, 0.25) is 0 Å². The van der Waals surface area contributed by atoms with Gasteiger partial charge in [0.15, 0.2) is 0 Å². The highest BCUT2D eigenvalue weighted by molar-refractivity contribution is 5.32. The molecule has 4 nitrogen and oxygen atoms in total. The third-order valence-electron chi connectivity index (χ3n) is 2.43. The summed E-state index contributed by atoms with van der Waals surface area (Å²) < 4.78 is 0. The molecule has 0 saturated carbocycles. The largest absolute Gasteiger partial charge is 0.369 e. The number of likely N-dealkylation sites (N-methyl/N-ethyl adjacent to an activating group) is 1. The molecule has 15 heavy (non-hydrogen) atoms. The summed E-state index contributed by atoms with van der Waals surface area (Å²) in [6.07, 6.45) is 1.77. The highest BCUT2D eigenvalue weighted by Crippen LogP contribution is 2.00. The van der Waals surface area contributed by atoms with Gasteiger partial charge in [-0.3, -0.25) is 0 Å². The average Bonchev–Trinajstić information content (AvgIpc) is 2.17. The minimum absolute atomic E-state index is 0.582. The van der Waals surface area contributed by atoms with Crippen LogP contribution in [0.4, 0.5) is 5.82 Å². The van der Waals surface area contributed by atoms with Crippen LogP contribution in [-0.4, -0.2) is 41.0 Å². The van der Waals surface area contributed by atoms with Crippen LogP contribution in [0, 0.1) is 6.92 Å². The van der Waals surface area contributed by atoms with E-state index in [9.17, 15) is 0 Å². The number of anilines is 1. The molecule has 0 aliphatic rings. The van der Waals surface area contributed by atoms with Crippen molar-refractivity contribution in [2.45, 2.75) is 26.8 Å². The first-order chi connectivity index (χ1) is 7.09. The second kappa shape index (κ2) is 5.66. The Labute approximate surface area is 91.7 Å². The zero-order valence-electron chi connectivity index (χ0n) is 9.99. The van der Waals surface area contributed by atoms with Crippen molar-refractivity contribution in [3.05, 3.63) is 18.1 Å². The summed E-state index contributed by atoms with van der Waals surface area (Å²) in [4.78, 5) is 10.6. The molecule has 0 aliphatic carbocycles. The van der Waals surface area contributed by atoms with Crippen molar-refractivity contribution < 1.29 is 0 Å². The molecular weight excluding hydrogens is 188 g/mol. The Balaban J connectivity index is 2.32. The molecule has 0 amide bonds. The Bertz CT molecular complexity index is 298. The first kappa shape index (κ1) is 11.9. The number of hydrogen-bond acceptors (Lipinski definition) is 4. The van der Waals surface area contributed by atoms with Gasteiger partial charge in [-0.15, -0.1) is 0 Å². The fourth-order valence-electron chi connectivity index (χ4n) is 1.17. The number of aryl methyl sites for hydroxylation is 1. The molecule has 1 rings (SSSR count). The molecule has 84 valence electrons. The maximum Gasteiger partial charge on any atom is 0.129 e. The smallest absolute Gasteiger partial charge is 0.129 e. The molecule has 0 fully saturated rings. The topological polar surface area (TPSA) is 41.1 Å².